The molecule has 0 bridgehead atoms. The van der Waals surface area contributed by atoms with Crippen LogP contribution in [0.1, 0.15) is 42.5 Å². The maximum Gasteiger partial charge on any atom is 0.271 e. The summed E-state index contributed by atoms with van der Waals surface area (Å²) >= 11 is 3.20. The average Bonchev–Trinajstić information content (AvgIpc) is 2.83. The number of hydrazone groups is 1. The van der Waals surface area contributed by atoms with Crippen LogP contribution in [0.25, 0.3) is 0 Å². The Bertz CT molecular complexity index is 652. The first-order chi connectivity index (χ1) is 9.86. The number of carbonyl (C=O) groups excluding carboxylic acids is 1. The van der Waals surface area contributed by atoms with Crippen LogP contribution in [-0.4, -0.2) is 12.1 Å². The Kier molecular flexibility index (Phi) is 4.63. The van der Waals surface area contributed by atoms with E-state index in [-0.39, 0.29) is 11.3 Å². The average molecular weight is 349 g/mol. The molecule has 0 aliphatic rings. The molecule has 0 saturated heterocycles. The number of nitrogens with one attached hydrogen (secondary N) is 1. The molecule has 21 heavy (non-hydrogen) atoms. The Morgan fingerprint density at radius 3 is 2.38 bits per heavy atom. The summed E-state index contributed by atoms with van der Waals surface area (Å²) in [5, 5.41) is 3.86. The van der Waals surface area contributed by atoms with Crippen molar-refractivity contribution in [3.8, 4) is 0 Å². The van der Waals surface area contributed by atoms with Crippen molar-refractivity contribution in [3.63, 3.8) is 0 Å². The van der Waals surface area contributed by atoms with Crippen molar-refractivity contribution in [2.75, 3.05) is 0 Å². The third kappa shape index (κ3) is 4.29. The van der Waals surface area contributed by atoms with Gasteiger partial charge in [-0.2, -0.15) is 5.10 Å². The maximum atomic E-state index is 11.9. The first-order valence-electron chi connectivity index (χ1n) is 6.55. The van der Waals surface area contributed by atoms with Gasteiger partial charge in [0.25, 0.3) is 5.91 Å². The molecule has 110 valence electrons. The third-order valence-electron chi connectivity index (χ3n) is 2.96. The van der Waals surface area contributed by atoms with Gasteiger partial charge in [-0.3, -0.25) is 4.79 Å². The lowest BCUT2D eigenvalue weighted by atomic mass is 9.87. The standard InChI is InChI=1S/C16H17BrN2O2/c1-16(2,3)12-6-4-11(5-7-12)15(20)19-18-10-13-8-9-14(17)21-13/h4-10H,1-3H3,(H,19,20)/b18-10+. The predicted molar refractivity (Wildman–Crippen MR) is 86.6 cm³/mol. The van der Waals surface area contributed by atoms with Crippen molar-refractivity contribution in [3.05, 3.63) is 58.0 Å². The minimum absolute atomic E-state index is 0.0693. The van der Waals surface area contributed by atoms with Gasteiger partial charge in [0, 0.05) is 5.56 Å². The van der Waals surface area contributed by atoms with E-state index in [0.717, 1.165) is 0 Å². The summed E-state index contributed by atoms with van der Waals surface area (Å²) in [6, 6.07) is 11.0. The zero-order valence-corrected chi connectivity index (χ0v) is 13.8. The van der Waals surface area contributed by atoms with Gasteiger partial charge in [0.15, 0.2) is 4.67 Å². The first kappa shape index (κ1) is 15.5. The van der Waals surface area contributed by atoms with E-state index in [4.69, 9.17) is 4.42 Å². The van der Waals surface area contributed by atoms with Crippen LogP contribution in [0.2, 0.25) is 0 Å². The summed E-state index contributed by atoms with van der Waals surface area (Å²) < 4.78 is 5.86. The molecule has 0 atom stereocenters. The van der Waals surface area contributed by atoms with Crippen LogP contribution >= 0.6 is 15.9 Å². The molecule has 0 fully saturated rings. The van der Waals surface area contributed by atoms with Crippen molar-refractivity contribution in [2.24, 2.45) is 5.10 Å². The van der Waals surface area contributed by atoms with Crippen LogP contribution in [0.3, 0.4) is 0 Å². The highest BCUT2D eigenvalue weighted by Gasteiger charge is 2.14. The van der Waals surface area contributed by atoms with Crippen LogP contribution in [0.5, 0.6) is 0 Å². The van der Waals surface area contributed by atoms with Gasteiger partial charge in [0.05, 0.1) is 6.21 Å². The monoisotopic (exact) mass is 348 g/mol. The molecule has 0 aliphatic carbocycles. The number of amides is 1. The smallest absolute Gasteiger partial charge is 0.271 e. The quantitative estimate of drug-likeness (QED) is 0.670. The number of carbonyl (C=O) groups is 1. The lowest BCUT2D eigenvalue weighted by Crippen LogP contribution is -2.18. The second-order valence-corrected chi connectivity index (χ2v) is 6.45. The van der Waals surface area contributed by atoms with Gasteiger partial charge < -0.3 is 4.42 Å². The van der Waals surface area contributed by atoms with E-state index in [0.29, 0.717) is 16.0 Å². The Morgan fingerprint density at radius 2 is 1.86 bits per heavy atom. The summed E-state index contributed by atoms with van der Waals surface area (Å²) in [5.41, 5.74) is 4.29. The van der Waals surface area contributed by atoms with E-state index in [1.807, 2.05) is 12.1 Å². The largest absolute Gasteiger partial charge is 0.448 e. The second-order valence-electron chi connectivity index (χ2n) is 5.67. The summed E-state index contributed by atoms with van der Waals surface area (Å²) in [5.74, 6) is 0.308. The van der Waals surface area contributed by atoms with Gasteiger partial charge in [-0.25, -0.2) is 5.43 Å². The van der Waals surface area contributed by atoms with E-state index >= 15 is 0 Å². The van der Waals surface area contributed by atoms with Crippen LogP contribution in [0.15, 0.2) is 50.6 Å². The Labute approximate surface area is 132 Å². The molecule has 1 aromatic carbocycles. The Hall–Kier alpha value is -1.88. The van der Waals surface area contributed by atoms with Gasteiger partial charge >= 0.3 is 0 Å². The molecular weight excluding hydrogens is 332 g/mol. The lowest BCUT2D eigenvalue weighted by Gasteiger charge is -2.18. The second kappa shape index (κ2) is 6.26. The normalized spacial score (nSPS) is 11.8. The fraction of sp³-hybridized carbons (Fsp3) is 0.250. The molecule has 5 heteroatoms. The zero-order chi connectivity index (χ0) is 15.5. The maximum absolute atomic E-state index is 11.9. The topological polar surface area (TPSA) is 54.6 Å². The number of hydrogen-bond acceptors (Lipinski definition) is 3. The van der Waals surface area contributed by atoms with Gasteiger partial charge in [-0.05, 0) is 51.2 Å². The molecule has 0 spiro atoms. The minimum Gasteiger partial charge on any atom is -0.448 e. The van der Waals surface area contributed by atoms with Crippen molar-refractivity contribution >= 4 is 28.1 Å². The fourth-order valence-corrected chi connectivity index (χ4v) is 2.06. The molecule has 0 radical (unpaired) electrons. The van der Waals surface area contributed by atoms with Crippen molar-refractivity contribution in [1.29, 1.82) is 0 Å². The van der Waals surface area contributed by atoms with Crippen LogP contribution in [-0.2, 0) is 5.41 Å². The summed E-state index contributed by atoms with van der Waals surface area (Å²) in [6.07, 6.45) is 1.45. The highest BCUT2D eigenvalue weighted by Crippen LogP contribution is 2.22. The predicted octanol–water partition coefficient (Wildman–Crippen LogP) is 4.10. The van der Waals surface area contributed by atoms with Crippen molar-refractivity contribution in [2.45, 2.75) is 26.2 Å². The summed E-state index contributed by atoms with van der Waals surface area (Å²) in [4.78, 5) is 11.9. The fourth-order valence-electron chi connectivity index (χ4n) is 1.74. The van der Waals surface area contributed by atoms with Gasteiger partial charge in [-0.1, -0.05) is 32.9 Å². The molecule has 1 aromatic heterocycles. The highest BCUT2D eigenvalue weighted by atomic mass is 79.9. The molecule has 0 aliphatic heterocycles. The zero-order valence-electron chi connectivity index (χ0n) is 12.2. The third-order valence-corrected chi connectivity index (χ3v) is 3.39. The molecule has 1 heterocycles. The van der Waals surface area contributed by atoms with E-state index in [9.17, 15) is 4.79 Å². The van der Waals surface area contributed by atoms with Crippen LogP contribution < -0.4 is 5.43 Å². The van der Waals surface area contributed by atoms with Gasteiger partial charge in [0.1, 0.15) is 5.76 Å². The number of halogens is 1. The molecule has 2 aromatic rings. The molecule has 0 saturated carbocycles. The van der Waals surface area contributed by atoms with Crippen LogP contribution in [0.4, 0.5) is 0 Å². The molecule has 1 amide bonds. The molecular formula is C16H17BrN2O2. The summed E-state index contributed by atoms with van der Waals surface area (Å²) in [7, 11) is 0. The van der Waals surface area contributed by atoms with Gasteiger partial charge in [0.2, 0.25) is 0 Å². The van der Waals surface area contributed by atoms with E-state index in [2.05, 4.69) is 47.2 Å². The van der Waals surface area contributed by atoms with Crippen molar-refractivity contribution in [1.82, 2.24) is 5.43 Å². The van der Waals surface area contributed by atoms with E-state index in [1.165, 1.54) is 11.8 Å². The lowest BCUT2D eigenvalue weighted by molar-refractivity contribution is 0.0955. The molecule has 4 nitrogen and oxygen atoms in total. The number of rotatable bonds is 3. The number of nitrogens with zero attached hydrogens (tertiary/aromatic N) is 1. The van der Waals surface area contributed by atoms with Gasteiger partial charge in [-0.15, -0.1) is 0 Å². The van der Waals surface area contributed by atoms with Crippen LogP contribution in [0, 0.1) is 0 Å². The number of furan rings is 1. The summed E-state index contributed by atoms with van der Waals surface area (Å²) in [6.45, 7) is 6.40. The number of hydrogen-bond donors (Lipinski definition) is 1. The van der Waals surface area contributed by atoms with E-state index in [1.54, 1.807) is 24.3 Å². The SMILES string of the molecule is CC(C)(C)c1ccc(C(=O)N/N=C/c2ccc(Br)o2)cc1. The first-order valence-corrected chi connectivity index (χ1v) is 7.35. The number of benzene rings is 1. The van der Waals surface area contributed by atoms with Crippen molar-refractivity contribution < 1.29 is 9.21 Å². The minimum atomic E-state index is -0.252. The molecule has 1 N–H and O–H groups in total. The molecule has 2 rings (SSSR count). The Morgan fingerprint density at radius 1 is 1.19 bits per heavy atom. The van der Waals surface area contributed by atoms with E-state index < -0.39 is 0 Å². The Balaban J connectivity index is 1.99. The highest BCUT2D eigenvalue weighted by molar-refractivity contribution is 9.10. The molecule has 0 unspecified atom stereocenters.